The number of aliphatic carboxylic acids is 2. The number of rotatable bonds is 17. The highest BCUT2D eigenvalue weighted by Crippen LogP contribution is 2.04. The molecule has 0 bridgehead atoms. The number of hydrogen-bond acceptors (Lipinski definition) is 9. The van der Waals surface area contributed by atoms with E-state index in [0.717, 1.165) is 0 Å². The summed E-state index contributed by atoms with van der Waals surface area (Å²) in [5.74, 6) is -4.80. The van der Waals surface area contributed by atoms with Crippen LogP contribution in [0.3, 0.4) is 0 Å². The predicted octanol–water partition coefficient (Wildman–Crippen LogP) is -2.80. The van der Waals surface area contributed by atoms with Crippen molar-refractivity contribution >= 4 is 41.4 Å². The highest BCUT2D eigenvalue weighted by molar-refractivity contribution is 7.98. The van der Waals surface area contributed by atoms with Crippen molar-refractivity contribution in [1.29, 1.82) is 0 Å². The first-order valence-corrected chi connectivity index (χ1v) is 11.4. The molecule has 32 heavy (non-hydrogen) atoms. The average Bonchev–Trinajstić information content (AvgIpc) is 2.73. The van der Waals surface area contributed by atoms with Gasteiger partial charge in [0.05, 0.1) is 19.1 Å². The monoisotopic (exact) mass is 479 g/mol. The average molecular weight is 480 g/mol. The minimum absolute atomic E-state index is 0.0769. The van der Waals surface area contributed by atoms with Crippen molar-refractivity contribution in [3.05, 3.63) is 0 Å². The summed E-state index contributed by atoms with van der Waals surface area (Å²) in [6.07, 6.45) is 2.34. The number of carboxylic acids is 2. The lowest BCUT2D eigenvalue weighted by Gasteiger charge is -2.24. The molecule has 4 unspecified atom stereocenters. The highest BCUT2D eigenvalue weighted by atomic mass is 32.2. The van der Waals surface area contributed by atoms with E-state index in [2.05, 4.69) is 16.0 Å². The van der Waals surface area contributed by atoms with Gasteiger partial charge in [0, 0.05) is 0 Å². The first-order valence-electron chi connectivity index (χ1n) is 9.98. The maximum Gasteiger partial charge on any atom is 0.326 e. The van der Waals surface area contributed by atoms with Gasteiger partial charge in [-0.05, 0) is 44.2 Å². The van der Waals surface area contributed by atoms with Crippen molar-refractivity contribution in [1.82, 2.24) is 16.0 Å². The lowest BCUT2D eigenvalue weighted by molar-refractivity contribution is -0.147. The van der Waals surface area contributed by atoms with Crippen molar-refractivity contribution in [3.8, 4) is 0 Å². The molecule has 0 rings (SSSR count). The molecule has 0 aromatic heterocycles. The first-order chi connectivity index (χ1) is 15.1. The number of nitrogens with two attached hydrogens (primary N) is 2. The van der Waals surface area contributed by atoms with E-state index in [0.29, 0.717) is 31.6 Å². The Labute approximate surface area is 190 Å². The number of aliphatic hydroxyl groups is 1. The molecule has 0 saturated carbocycles. The normalized spacial score (nSPS) is 14.5. The summed E-state index contributed by atoms with van der Waals surface area (Å²) in [6, 6.07) is -5.21. The third-order valence-corrected chi connectivity index (χ3v) is 5.00. The molecule has 0 aromatic rings. The number of thioether (sulfide) groups is 1. The summed E-state index contributed by atoms with van der Waals surface area (Å²) in [4.78, 5) is 59.3. The van der Waals surface area contributed by atoms with E-state index in [1.807, 2.05) is 6.26 Å². The molecule has 0 aromatic carbocycles. The third kappa shape index (κ3) is 11.8. The molecule has 0 aliphatic heterocycles. The Bertz CT molecular complexity index is 651. The Hall–Kier alpha value is -2.42. The summed E-state index contributed by atoms with van der Waals surface area (Å²) in [5, 5.41) is 34.2. The molecule has 3 amide bonds. The Morgan fingerprint density at radius 3 is 1.94 bits per heavy atom. The van der Waals surface area contributed by atoms with E-state index in [4.69, 9.17) is 21.7 Å². The zero-order valence-corrected chi connectivity index (χ0v) is 18.7. The first kappa shape index (κ1) is 29.6. The van der Waals surface area contributed by atoms with Gasteiger partial charge in [0.25, 0.3) is 0 Å². The molecule has 0 radical (unpaired) electrons. The second-order valence-electron chi connectivity index (χ2n) is 6.97. The van der Waals surface area contributed by atoms with Crippen LogP contribution in [0.25, 0.3) is 0 Å². The van der Waals surface area contributed by atoms with Crippen LogP contribution in [0.15, 0.2) is 0 Å². The maximum absolute atomic E-state index is 12.5. The fraction of sp³-hybridized carbons (Fsp3) is 0.722. The maximum atomic E-state index is 12.5. The molecule has 14 heteroatoms. The van der Waals surface area contributed by atoms with Crippen LogP contribution in [0.2, 0.25) is 0 Å². The topological polar surface area (TPSA) is 234 Å². The fourth-order valence-corrected chi connectivity index (χ4v) is 3.02. The quantitative estimate of drug-likeness (QED) is 0.0992. The van der Waals surface area contributed by atoms with Crippen molar-refractivity contribution in [2.24, 2.45) is 11.5 Å². The molecule has 4 atom stereocenters. The molecule has 0 spiro atoms. The van der Waals surface area contributed by atoms with Gasteiger partial charge < -0.3 is 42.7 Å². The summed E-state index contributed by atoms with van der Waals surface area (Å²) < 4.78 is 0. The van der Waals surface area contributed by atoms with E-state index >= 15 is 0 Å². The lowest BCUT2D eigenvalue weighted by atomic mass is 10.1. The molecule has 0 heterocycles. The second kappa shape index (κ2) is 16.2. The van der Waals surface area contributed by atoms with Gasteiger partial charge in [-0.3, -0.25) is 19.2 Å². The number of carbonyl (C=O) groups is 5. The van der Waals surface area contributed by atoms with Gasteiger partial charge in [-0.25, -0.2) is 4.79 Å². The molecule has 184 valence electrons. The van der Waals surface area contributed by atoms with Crippen LogP contribution >= 0.6 is 11.8 Å². The largest absolute Gasteiger partial charge is 0.481 e. The minimum atomic E-state index is -1.70. The van der Waals surface area contributed by atoms with E-state index in [-0.39, 0.29) is 6.42 Å². The summed E-state index contributed by atoms with van der Waals surface area (Å²) in [7, 11) is 0. The highest BCUT2D eigenvalue weighted by Gasteiger charge is 2.30. The van der Waals surface area contributed by atoms with Crippen LogP contribution in [-0.2, 0) is 24.0 Å². The molecular formula is C18H33N5O8S. The number of nitrogens with one attached hydrogen (secondary N) is 3. The van der Waals surface area contributed by atoms with Gasteiger partial charge >= 0.3 is 11.9 Å². The van der Waals surface area contributed by atoms with Crippen molar-refractivity contribution in [3.63, 3.8) is 0 Å². The van der Waals surface area contributed by atoms with E-state index in [1.165, 1.54) is 11.8 Å². The number of amides is 3. The van der Waals surface area contributed by atoms with Crippen LogP contribution in [0.1, 0.15) is 32.1 Å². The second-order valence-corrected chi connectivity index (χ2v) is 7.96. The predicted molar refractivity (Wildman–Crippen MR) is 117 cm³/mol. The van der Waals surface area contributed by atoms with Crippen molar-refractivity contribution in [2.75, 3.05) is 25.2 Å². The zero-order valence-electron chi connectivity index (χ0n) is 17.9. The van der Waals surface area contributed by atoms with Crippen LogP contribution in [-0.4, -0.2) is 94.3 Å². The standard InChI is InChI=1S/C18H33N5O8S/c1-32-7-5-10(20)15(27)23-13(9-24)17(29)21-11(4-2-3-6-19)16(28)22-12(18(30)31)8-14(25)26/h10-13,24H,2-9,19-20H2,1H3,(H,21,29)(H,22,28)(H,23,27)(H,25,26)(H,30,31). The van der Waals surface area contributed by atoms with E-state index in [9.17, 15) is 29.1 Å². The zero-order chi connectivity index (χ0) is 24.7. The third-order valence-electron chi connectivity index (χ3n) is 4.36. The number of carboxylic acid groups (broad SMARTS) is 2. The Balaban J connectivity index is 5.24. The number of hydrogen-bond donors (Lipinski definition) is 8. The van der Waals surface area contributed by atoms with Crippen LogP contribution < -0.4 is 27.4 Å². The molecule has 0 aliphatic rings. The van der Waals surface area contributed by atoms with Crippen LogP contribution in [0.4, 0.5) is 0 Å². The van der Waals surface area contributed by atoms with E-state index < -0.39 is 66.9 Å². The molecule has 13 nitrogen and oxygen atoms in total. The Kier molecular flexibility index (Phi) is 15.0. The smallest absolute Gasteiger partial charge is 0.326 e. The SMILES string of the molecule is CSCCC(N)C(=O)NC(CO)C(=O)NC(CCCCN)C(=O)NC(CC(=O)O)C(=O)O. The number of aliphatic hydroxyl groups excluding tert-OH is 1. The van der Waals surface area contributed by atoms with Gasteiger partial charge in [-0.2, -0.15) is 11.8 Å². The molecule has 0 aliphatic carbocycles. The van der Waals surface area contributed by atoms with Crippen molar-refractivity contribution in [2.45, 2.75) is 56.3 Å². The van der Waals surface area contributed by atoms with Crippen LogP contribution in [0.5, 0.6) is 0 Å². The van der Waals surface area contributed by atoms with Gasteiger partial charge in [-0.15, -0.1) is 0 Å². The van der Waals surface area contributed by atoms with Crippen molar-refractivity contribution < 1.29 is 39.3 Å². The Morgan fingerprint density at radius 1 is 0.875 bits per heavy atom. The minimum Gasteiger partial charge on any atom is -0.481 e. The molecular weight excluding hydrogens is 446 g/mol. The number of carbonyl (C=O) groups excluding carboxylic acids is 3. The fourth-order valence-electron chi connectivity index (χ4n) is 2.53. The van der Waals surface area contributed by atoms with Gasteiger partial charge in [-0.1, -0.05) is 0 Å². The summed E-state index contributed by atoms with van der Waals surface area (Å²) >= 11 is 1.49. The number of unbranched alkanes of at least 4 members (excludes halogenated alkanes) is 1. The molecule has 0 fully saturated rings. The van der Waals surface area contributed by atoms with Gasteiger partial charge in [0.2, 0.25) is 17.7 Å². The lowest BCUT2D eigenvalue weighted by Crippen LogP contribution is -2.58. The summed E-state index contributed by atoms with van der Waals surface area (Å²) in [6.45, 7) is -0.441. The molecule has 0 saturated heterocycles. The molecule has 10 N–H and O–H groups in total. The van der Waals surface area contributed by atoms with E-state index in [1.54, 1.807) is 0 Å². The summed E-state index contributed by atoms with van der Waals surface area (Å²) in [5.41, 5.74) is 11.2. The van der Waals surface area contributed by atoms with Gasteiger partial charge in [0.1, 0.15) is 18.1 Å². The van der Waals surface area contributed by atoms with Gasteiger partial charge in [0.15, 0.2) is 0 Å². The van der Waals surface area contributed by atoms with Crippen LogP contribution in [0, 0.1) is 0 Å². The Morgan fingerprint density at radius 2 is 1.44 bits per heavy atom.